The number of Topliss-reactive ketones (excluding diaryl/α,β-unsaturated/α-hetero) is 1. The molecular weight excluding hydrogens is 653 g/mol. The predicted molar refractivity (Wildman–Crippen MR) is 199 cm³/mol. The maximum absolute atomic E-state index is 14.6. The van der Waals surface area contributed by atoms with Crippen LogP contribution >= 0.6 is 0 Å². The number of hydrogen-bond acceptors (Lipinski definition) is 8. The lowest BCUT2D eigenvalue weighted by molar-refractivity contribution is -0.199. The number of carbonyl (C=O) groups excluding carboxylic acids is 3. The Balaban J connectivity index is 1.13. The second-order valence-electron chi connectivity index (χ2n) is 16.7. The third kappa shape index (κ3) is 7.26. The van der Waals surface area contributed by atoms with Crippen LogP contribution in [-0.2, 0) is 25.3 Å². The predicted octanol–water partition coefficient (Wildman–Crippen LogP) is 5.18. The third-order valence-electron chi connectivity index (χ3n) is 12.4. The molecular formula is C41H52BN5O5. The topological polar surface area (TPSA) is 132 Å². The molecule has 2 bridgehead atoms. The van der Waals surface area contributed by atoms with E-state index in [1.807, 2.05) is 48.7 Å². The van der Waals surface area contributed by atoms with Crippen LogP contribution in [0, 0.1) is 35.0 Å². The van der Waals surface area contributed by atoms with Gasteiger partial charge in [-0.1, -0.05) is 82.3 Å². The van der Waals surface area contributed by atoms with Gasteiger partial charge >= 0.3 is 7.12 Å². The second kappa shape index (κ2) is 14.7. The van der Waals surface area contributed by atoms with Crippen molar-refractivity contribution in [2.75, 3.05) is 0 Å². The maximum atomic E-state index is 14.6. The van der Waals surface area contributed by atoms with Crippen molar-refractivity contribution in [1.82, 2.24) is 25.9 Å². The van der Waals surface area contributed by atoms with Crippen molar-refractivity contribution in [2.45, 2.75) is 103 Å². The average molecular weight is 706 g/mol. The molecule has 6 aliphatic rings. The van der Waals surface area contributed by atoms with Gasteiger partial charge in [-0.15, -0.1) is 0 Å². The summed E-state index contributed by atoms with van der Waals surface area (Å²) in [5, 5.41) is 9.70. The van der Waals surface area contributed by atoms with Crippen molar-refractivity contribution in [3.05, 3.63) is 96.3 Å². The molecule has 52 heavy (non-hydrogen) atoms. The summed E-state index contributed by atoms with van der Waals surface area (Å²) < 4.78 is 13.5. The Bertz CT molecular complexity index is 1730. The highest BCUT2D eigenvalue weighted by atomic mass is 16.7. The Kier molecular flexibility index (Phi) is 10.3. The van der Waals surface area contributed by atoms with Gasteiger partial charge in [-0.3, -0.25) is 19.4 Å². The third-order valence-corrected chi connectivity index (χ3v) is 12.4. The van der Waals surface area contributed by atoms with Crippen LogP contribution < -0.4 is 16.0 Å². The van der Waals surface area contributed by atoms with E-state index in [-0.39, 0.29) is 65.6 Å². The van der Waals surface area contributed by atoms with Crippen molar-refractivity contribution < 1.29 is 23.7 Å². The Morgan fingerprint density at radius 3 is 2.54 bits per heavy atom. The summed E-state index contributed by atoms with van der Waals surface area (Å²) in [4.78, 5) is 50.4. The average Bonchev–Trinajstić information content (AvgIpc) is 3.71. The van der Waals surface area contributed by atoms with Gasteiger partial charge in [-0.05, 0) is 79.5 Å². The first kappa shape index (κ1) is 36.3. The molecule has 0 radical (unpaired) electrons. The summed E-state index contributed by atoms with van der Waals surface area (Å²) in [5.74, 6) is -0.616. The first-order valence-corrected chi connectivity index (χ1v) is 19.0. The zero-order valence-corrected chi connectivity index (χ0v) is 31.0. The lowest BCUT2D eigenvalue weighted by Crippen LogP contribution is -2.65. The summed E-state index contributed by atoms with van der Waals surface area (Å²) in [6.07, 6.45) is 18.0. The Morgan fingerprint density at radius 2 is 1.81 bits per heavy atom. The number of amides is 2. The van der Waals surface area contributed by atoms with E-state index in [2.05, 4.69) is 72.7 Å². The largest absolute Gasteiger partial charge is 0.481 e. The number of nitrogens with zero attached hydrogens (tertiary/aromatic N) is 2. The molecule has 3 N–H and O–H groups in total. The molecule has 2 aromatic rings. The summed E-state index contributed by atoms with van der Waals surface area (Å²) in [7, 11) is -0.576. The minimum absolute atomic E-state index is 0.00679. The molecule has 9 atom stereocenters. The number of carbonyl (C=O) groups is 3. The molecule has 2 amide bonds. The standard InChI is InChI=1S/C41H52BN5O5/c1-25(2)17-37(42-51-36-22-29-21-35(40(29,3)4)41(36,5)52-42)47-38(49)27(19-28-23-45-31-14-10-9-13-30(28)31)20-34(48)32(18-26-11-7-6-8-12-26)46-39(50)33-24-43-15-16-44-33/h6-16,23-25,27,29-32,35-37,45H,17-22H2,1-5H3,(H,46,50)(H,47,49)/t27-,29?,30?,31?,32+,35+,36?,37+,41+/m1/s1. The first-order valence-electron chi connectivity index (χ1n) is 19.0. The molecule has 2 aliphatic heterocycles. The van der Waals surface area contributed by atoms with Gasteiger partial charge in [0.2, 0.25) is 5.91 Å². The fourth-order valence-electron chi connectivity index (χ4n) is 9.40. The highest BCUT2D eigenvalue weighted by Crippen LogP contribution is 2.65. The molecule has 1 aromatic carbocycles. The van der Waals surface area contributed by atoms with Crippen LogP contribution in [0.1, 0.15) is 82.8 Å². The Morgan fingerprint density at radius 1 is 1.02 bits per heavy atom. The zero-order chi connectivity index (χ0) is 36.6. The van der Waals surface area contributed by atoms with Crippen LogP contribution in [0.15, 0.2) is 85.0 Å². The number of nitrogens with one attached hydrogen (secondary N) is 3. The van der Waals surface area contributed by atoms with Gasteiger partial charge in [0, 0.05) is 30.7 Å². The first-order chi connectivity index (χ1) is 24.9. The maximum Gasteiger partial charge on any atom is 0.481 e. The molecule has 4 aliphatic carbocycles. The van der Waals surface area contributed by atoms with Gasteiger partial charge in [-0.25, -0.2) is 4.98 Å². The molecule has 0 spiro atoms. The van der Waals surface area contributed by atoms with Crippen LogP contribution in [0.5, 0.6) is 0 Å². The van der Waals surface area contributed by atoms with Crippen molar-refractivity contribution in [3.8, 4) is 0 Å². The Labute approximate surface area is 307 Å². The second-order valence-corrected chi connectivity index (χ2v) is 16.7. The number of hydrogen-bond donors (Lipinski definition) is 3. The molecule has 4 fully saturated rings. The zero-order valence-electron chi connectivity index (χ0n) is 31.0. The minimum atomic E-state index is -0.876. The van der Waals surface area contributed by atoms with E-state index in [1.165, 1.54) is 18.6 Å². The highest BCUT2D eigenvalue weighted by Gasteiger charge is 2.68. The van der Waals surface area contributed by atoms with E-state index in [9.17, 15) is 14.4 Å². The lowest BCUT2D eigenvalue weighted by Gasteiger charge is -2.64. The number of fused-ring (bicyclic) bond motifs is 1. The molecule has 11 heteroatoms. The van der Waals surface area contributed by atoms with Gasteiger partial charge in [0.25, 0.3) is 5.91 Å². The van der Waals surface area contributed by atoms with E-state index in [0.29, 0.717) is 24.7 Å². The van der Waals surface area contributed by atoms with Crippen molar-refractivity contribution in [1.29, 1.82) is 0 Å². The molecule has 4 unspecified atom stereocenters. The number of rotatable bonds is 14. The molecule has 3 heterocycles. The van der Waals surface area contributed by atoms with E-state index in [4.69, 9.17) is 9.31 Å². The number of allylic oxidation sites excluding steroid dienone is 2. The van der Waals surface area contributed by atoms with Crippen LogP contribution in [0.3, 0.4) is 0 Å². The van der Waals surface area contributed by atoms with Crippen molar-refractivity contribution in [3.63, 3.8) is 0 Å². The van der Waals surface area contributed by atoms with Gasteiger partial charge in [-0.2, -0.15) is 0 Å². The van der Waals surface area contributed by atoms with Gasteiger partial charge in [0.1, 0.15) is 5.69 Å². The van der Waals surface area contributed by atoms with Crippen LogP contribution in [0.4, 0.5) is 0 Å². The summed E-state index contributed by atoms with van der Waals surface area (Å²) >= 11 is 0. The molecule has 1 aromatic heterocycles. The quantitative estimate of drug-likeness (QED) is 0.230. The van der Waals surface area contributed by atoms with Gasteiger partial charge < -0.3 is 25.3 Å². The summed E-state index contributed by atoms with van der Waals surface area (Å²) in [5.41, 5.74) is 1.89. The minimum Gasteiger partial charge on any atom is -0.404 e. The molecule has 8 rings (SSSR count). The molecule has 3 saturated carbocycles. The highest BCUT2D eigenvalue weighted by molar-refractivity contribution is 6.47. The van der Waals surface area contributed by atoms with Crippen LogP contribution in [0.2, 0.25) is 0 Å². The monoisotopic (exact) mass is 705 g/mol. The fourth-order valence-corrected chi connectivity index (χ4v) is 9.40. The molecule has 10 nitrogen and oxygen atoms in total. The normalized spacial score (nSPS) is 29.5. The van der Waals surface area contributed by atoms with Crippen molar-refractivity contribution in [2.24, 2.45) is 35.0 Å². The van der Waals surface area contributed by atoms with Gasteiger partial charge in [0.05, 0.1) is 35.9 Å². The lowest BCUT2D eigenvalue weighted by atomic mass is 9.43. The Hall–Kier alpha value is -4.09. The van der Waals surface area contributed by atoms with E-state index in [0.717, 1.165) is 24.0 Å². The van der Waals surface area contributed by atoms with E-state index < -0.39 is 30.6 Å². The summed E-state index contributed by atoms with van der Waals surface area (Å²) in [6.45, 7) is 11.1. The molecule has 274 valence electrons. The van der Waals surface area contributed by atoms with Gasteiger partial charge in [0.15, 0.2) is 5.78 Å². The van der Waals surface area contributed by atoms with Crippen LogP contribution in [0.25, 0.3) is 0 Å². The number of benzene rings is 1. The van der Waals surface area contributed by atoms with E-state index >= 15 is 0 Å². The fraction of sp³-hybridized carbons (Fsp3) is 0.537. The SMILES string of the molecule is CC(C)C[C@H](NC(=O)[C@@H](CC(=O)[C@H](Cc1ccccc1)NC(=O)c1cnccn1)CC1=CNC2C=CC=CC12)B1OC2CC3C[C@@H](C3(C)C)[C@]2(C)O1. The molecule has 1 saturated heterocycles. The van der Waals surface area contributed by atoms with E-state index in [1.54, 1.807) is 0 Å². The smallest absolute Gasteiger partial charge is 0.404 e. The van der Waals surface area contributed by atoms with Crippen LogP contribution in [-0.4, -0.2) is 64.4 Å². The summed E-state index contributed by atoms with van der Waals surface area (Å²) in [6, 6.07) is 8.82. The number of aromatic nitrogens is 2. The van der Waals surface area contributed by atoms with Crippen molar-refractivity contribution >= 4 is 24.7 Å². The number of ketones is 1.